The largest absolute Gasteiger partial charge is 0.497 e. The van der Waals surface area contributed by atoms with E-state index in [9.17, 15) is 5.11 Å². The highest BCUT2D eigenvalue weighted by atomic mass is 16.5. The summed E-state index contributed by atoms with van der Waals surface area (Å²) >= 11 is 0. The van der Waals surface area contributed by atoms with Gasteiger partial charge in [-0.25, -0.2) is 0 Å². The van der Waals surface area contributed by atoms with E-state index in [0.29, 0.717) is 13.1 Å². The lowest BCUT2D eigenvalue weighted by Gasteiger charge is -2.22. The Morgan fingerprint density at radius 1 is 1.24 bits per heavy atom. The maximum atomic E-state index is 10.4. The fraction of sp³-hybridized carbons (Fsp3) is 0.591. The third kappa shape index (κ3) is 5.95. The van der Waals surface area contributed by atoms with E-state index in [4.69, 9.17) is 14.0 Å². The Labute approximate surface area is 173 Å². The molecule has 1 aliphatic heterocycles. The molecular formula is C22H33N3O4. The number of hydrogen-bond donors (Lipinski definition) is 1. The molecule has 1 atom stereocenters. The Hall–Kier alpha value is -2.09. The molecule has 0 saturated carbocycles. The van der Waals surface area contributed by atoms with Crippen LogP contribution in [0.4, 0.5) is 0 Å². The topological polar surface area (TPSA) is 71.2 Å². The van der Waals surface area contributed by atoms with Gasteiger partial charge >= 0.3 is 0 Å². The molecule has 0 unspecified atom stereocenters. The van der Waals surface area contributed by atoms with Gasteiger partial charge in [-0.1, -0.05) is 11.2 Å². The minimum absolute atomic E-state index is 0.268. The average molecular weight is 404 g/mol. The average Bonchev–Trinajstić information content (AvgIpc) is 3.32. The Morgan fingerprint density at radius 2 is 2.00 bits per heavy atom. The number of aliphatic hydroxyl groups excluding tert-OH is 1. The number of rotatable bonds is 10. The van der Waals surface area contributed by atoms with Crippen molar-refractivity contribution in [2.45, 2.75) is 45.9 Å². The Bertz CT molecular complexity index is 767. The number of aliphatic hydroxyl groups is 1. The molecule has 7 heteroatoms. The van der Waals surface area contributed by atoms with E-state index in [1.807, 2.05) is 32.0 Å². The number of methoxy groups -OCH3 is 1. The second kappa shape index (κ2) is 10.1. The third-order valence-corrected chi connectivity index (χ3v) is 5.42. The van der Waals surface area contributed by atoms with Crippen LogP contribution in [0, 0.1) is 13.8 Å². The Morgan fingerprint density at radius 3 is 2.66 bits per heavy atom. The van der Waals surface area contributed by atoms with E-state index in [1.54, 1.807) is 7.11 Å². The van der Waals surface area contributed by atoms with Gasteiger partial charge in [-0.15, -0.1) is 0 Å². The molecule has 160 valence electrons. The number of likely N-dealkylation sites (tertiary alicyclic amines) is 1. The second-order valence-corrected chi connectivity index (χ2v) is 7.92. The van der Waals surface area contributed by atoms with Crippen LogP contribution in [0.25, 0.3) is 0 Å². The van der Waals surface area contributed by atoms with Gasteiger partial charge in [0.25, 0.3) is 0 Å². The van der Waals surface area contributed by atoms with Gasteiger partial charge in [0.15, 0.2) is 0 Å². The number of aromatic nitrogens is 1. The van der Waals surface area contributed by atoms with Gasteiger partial charge in [0.2, 0.25) is 0 Å². The molecule has 1 saturated heterocycles. The fourth-order valence-electron chi connectivity index (χ4n) is 3.77. The van der Waals surface area contributed by atoms with E-state index in [2.05, 4.69) is 22.0 Å². The summed E-state index contributed by atoms with van der Waals surface area (Å²) in [4.78, 5) is 4.49. The third-order valence-electron chi connectivity index (χ3n) is 5.42. The number of hydrogen-bond acceptors (Lipinski definition) is 7. The number of ether oxygens (including phenoxy) is 2. The fourth-order valence-corrected chi connectivity index (χ4v) is 3.77. The van der Waals surface area contributed by atoms with E-state index >= 15 is 0 Å². The minimum atomic E-state index is -0.507. The van der Waals surface area contributed by atoms with Gasteiger partial charge in [-0.2, -0.15) is 0 Å². The molecular weight excluding hydrogens is 370 g/mol. The highest BCUT2D eigenvalue weighted by Gasteiger charge is 2.18. The molecule has 7 nitrogen and oxygen atoms in total. The lowest BCUT2D eigenvalue weighted by molar-refractivity contribution is 0.0750. The lowest BCUT2D eigenvalue weighted by Crippen LogP contribution is -2.33. The minimum Gasteiger partial charge on any atom is -0.497 e. The Kier molecular flexibility index (Phi) is 7.52. The number of aryl methyl sites for hydroxylation is 2. The summed E-state index contributed by atoms with van der Waals surface area (Å²) in [7, 11) is 3.70. The molecule has 0 bridgehead atoms. The van der Waals surface area contributed by atoms with Crippen molar-refractivity contribution in [3.63, 3.8) is 0 Å². The molecule has 2 aromatic rings. The molecule has 1 fully saturated rings. The molecule has 1 N–H and O–H groups in total. The molecule has 1 aromatic heterocycles. The predicted molar refractivity (Wildman–Crippen MR) is 111 cm³/mol. The summed E-state index contributed by atoms with van der Waals surface area (Å²) in [5.41, 5.74) is 3.09. The maximum Gasteiger partial charge on any atom is 0.138 e. The van der Waals surface area contributed by atoms with Crippen LogP contribution >= 0.6 is 0 Å². The van der Waals surface area contributed by atoms with Gasteiger partial charge in [-0.05, 0) is 52.9 Å². The molecule has 0 radical (unpaired) electrons. The van der Waals surface area contributed by atoms with Gasteiger partial charge in [0.05, 0.1) is 12.8 Å². The standard InChI is InChI=1S/C22H33N3O4/c1-16-21(17(2)29-23-16)14-24(3)12-18-7-8-20(27-4)11-22(18)28-15-19(26)13-25-9-5-6-10-25/h7-8,11,19,26H,5-6,9-10,12-15H2,1-4H3/t19-/m0/s1. The molecule has 3 rings (SSSR count). The summed E-state index contributed by atoms with van der Waals surface area (Å²) in [6.07, 6.45) is 1.92. The van der Waals surface area contributed by atoms with Gasteiger partial charge < -0.3 is 24.0 Å². The van der Waals surface area contributed by atoms with Crippen LogP contribution in [0.3, 0.4) is 0 Å². The first-order chi connectivity index (χ1) is 14.0. The van der Waals surface area contributed by atoms with Crippen molar-refractivity contribution < 1.29 is 19.1 Å². The Balaban J connectivity index is 1.63. The zero-order valence-corrected chi connectivity index (χ0v) is 18.0. The van der Waals surface area contributed by atoms with Crippen molar-refractivity contribution in [3.05, 3.63) is 40.8 Å². The quantitative estimate of drug-likeness (QED) is 0.654. The van der Waals surface area contributed by atoms with Crippen LogP contribution in [0.2, 0.25) is 0 Å². The maximum absolute atomic E-state index is 10.4. The van der Waals surface area contributed by atoms with Crippen LogP contribution in [-0.2, 0) is 13.1 Å². The van der Waals surface area contributed by atoms with Crippen molar-refractivity contribution in [1.82, 2.24) is 15.0 Å². The van der Waals surface area contributed by atoms with Crippen LogP contribution in [0.15, 0.2) is 22.7 Å². The van der Waals surface area contributed by atoms with Crippen LogP contribution in [0.1, 0.15) is 35.4 Å². The number of benzene rings is 1. The summed E-state index contributed by atoms with van der Waals surface area (Å²) in [5, 5.41) is 14.4. The summed E-state index contributed by atoms with van der Waals surface area (Å²) in [6.45, 7) is 8.39. The molecule has 0 spiro atoms. The SMILES string of the molecule is COc1ccc(CN(C)Cc2c(C)noc2C)c(OC[C@@H](O)CN2CCCC2)c1. The number of β-amino-alcohol motifs (C(OH)–C–C–N with tert-alkyl or cyclic N) is 1. The van der Waals surface area contributed by atoms with E-state index in [-0.39, 0.29) is 6.61 Å². The zero-order valence-electron chi connectivity index (χ0n) is 18.0. The van der Waals surface area contributed by atoms with Crippen LogP contribution in [-0.4, -0.2) is 66.6 Å². The van der Waals surface area contributed by atoms with Crippen LogP contribution in [0.5, 0.6) is 11.5 Å². The van der Waals surface area contributed by atoms with E-state index in [1.165, 1.54) is 12.8 Å². The first-order valence-corrected chi connectivity index (χ1v) is 10.3. The highest BCUT2D eigenvalue weighted by molar-refractivity contribution is 5.41. The second-order valence-electron chi connectivity index (χ2n) is 7.92. The van der Waals surface area contributed by atoms with Gasteiger partial charge in [0.1, 0.15) is 30.0 Å². The summed E-state index contributed by atoms with van der Waals surface area (Å²) in [6, 6.07) is 5.85. The lowest BCUT2D eigenvalue weighted by atomic mass is 10.1. The zero-order chi connectivity index (χ0) is 20.8. The van der Waals surface area contributed by atoms with Gasteiger partial charge in [0, 0.05) is 36.8 Å². The van der Waals surface area contributed by atoms with Gasteiger partial charge in [-0.3, -0.25) is 4.90 Å². The highest BCUT2D eigenvalue weighted by Crippen LogP contribution is 2.27. The van der Waals surface area contributed by atoms with Crippen molar-refractivity contribution in [1.29, 1.82) is 0 Å². The van der Waals surface area contributed by atoms with Crippen molar-refractivity contribution in [2.24, 2.45) is 0 Å². The summed E-state index contributed by atoms with van der Waals surface area (Å²) < 4.78 is 16.7. The monoisotopic (exact) mass is 403 g/mol. The molecule has 1 aliphatic rings. The van der Waals surface area contributed by atoms with Crippen LogP contribution < -0.4 is 9.47 Å². The first-order valence-electron chi connectivity index (χ1n) is 10.3. The van der Waals surface area contributed by atoms with Crippen molar-refractivity contribution in [3.8, 4) is 11.5 Å². The van der Waals surface area contributed by atoms with E-state index in [0.717, 1.165) is 53.7 Å². The smallest absolute Gasteiger partial charge is 0.138 e. The molecule has 2 heterocycles. The molecule has 0 amide bonds. The summed E-state index contributed by atoms with van der Waals surface area (Å²) in [5.74, 6) is 2.34. The molecule has 29 heavy (non-hydrogen) atoms. The normalized spacial score (nSPS) is 15.8. The van der Waals surface area contributed by atoms with Crippen molar-refractivity contribution in [2.75, 3.05) is 40.4 Å². The predicted octanol–water partition coefficient (Wildman–Crippen LogP) is 2.77. The molecule has 0 aliphatic carbocycles. The van der Waals surface area contributed by atoms with Crippen molar-refractivity contribution >= 4 is 0 Å². The molecule has 1 aromatic carbocycles. The van der Waals surface area contributed by atoms with E-state index < -0.39 is 6.10 Å². The first kappa shape index (κ1) is 21.6. The number of nitrogens with zero attached hydrogens (tertiary/aromatic N) is 3.